The van der Waals surface area contributed by atoms with Crippen LogP contribution in [0.3, 0.4) is 0 Å². The van der Waals surface area contributed by atoms with Crippen molar-refractivity contribution in [3.63, 3.8) is 0 Å². The highest BCUT2D eigenvalue weighted by molar-refractivity contribution is 6.15. The Bertz CT molecular complexity index is 989. The smallest absolute Gasteiger partial charge is 0.271 e. The number of aromatic nitrogens is 1. The Morgan fingerprint density at radius 1 is 0.741 bits per heavy atom. The van der Waals surface area contributed by atoms with Crippen LogP contribution in [0, 0.1) is 5.82 Å². The van der Waals surface area contributed by atoms with E-state index in [9.17, 15) is 18.8 Å². The quantitative estimate of drug-likeness (QED) is 0.551. The van der Waals surface area contributed by atoms with E-state index < -0.39 is 23.4 Å². The van der Waals surface area contributed by atoms with Crippen molar-refractivity contribution in [3.05, 3.63) is 101 Å². The summed E-state index contributed by atoms with van der Waals surface area (Å²) in [5, 5.41) is 0. The zero-order valence-electron chi connectivity index (χ0n) is 14.0. The fourth-order valence-electron chi connectivity index (χ4n) is 2.39. The molecule has 0 spiro atoms. The van der Waals surface area contributed by atoms with Crippen molar-refractivity contribution in [2.24, 2.45) is 0 Å². The first-order valence-corrected chi connectivity index (χ1v) is 7.96. The molecule has 0 aliphatic rings. The summed E-state index contributed by atoms with van der Waals surface area (Å²) in [6.45, 7) is 0. The number of nitrogens with zero attached hydrogens (tertiary/aromatic N) is 1. The predicted molar refractivity (Wildman–Crippen MR) is 95.4 cm³/mol. The Kier molecular flexibility index (Phi) is 5.32. The Balaban J connectivity index is 1.77. The molecule has 0 aliphatic carbocycles. The summed E-state index contributed by atoms with van der Waals surface area (Å²) < 4.78 is 13.1. The van der Waals surface area contributed by atoms with Gasteiger partial charge in [-0.1, -0.05) is 18.2 Å². The molecular weight excluding hydrogens is 349 g/mol. The topological polar surface area (TPSA) is 88.2 Å². The van der Waals surface area contributed by atoms with E-state index in [0.29, 0.717) is 0 Å². The third-order valence-corrected chi connectivity index (χ3v) is 3.74. The SMILES string of the molecule is O=C(NNC(=O)c1ccccc1C(=O)c1ccc(F)cc1)c1cccnc1. The predicted octanol–water partition coefficient (Wildman–Crippen LogP) is 2.53. The first-order valence-electron chi connectivity index (χ1n) is 7.96. The molecule has 3 aromatic rings. The normalized spacial score (nSPS) is 10.1. The molecule has 2 aromatic carbocycles. The van der Waals surface area contributed by atoms with Crippen molar-refractivity contribution in [2.45, 2.75) is 0 Å². The number of hydrogen-bond acceptors (Lipinski definition) is 4. The molecule has 0 atom stereocenters. The molecule has 0 fully saturated rings. The molecule has 0 radical (unpaired) electrons. The first kappa shape index (κ1) is 17.9. The lowest BCUT2D eigenvalue weighted by atomic mass is 9.98. The summed E-state index contributed by atoms with van der Waals surface area (Å²) in [5.74, 6) is -2.09. The average molecular weight is 363 g/mol. The van der Waals surface area contributed by atoms with E-state index in [2.05, 4.69) is 15.8 Å². The summed E-state index contributed by atoms with van der Waals surface area (Å²) >= 11 is 0. The van der Waals surface area contributed by atoms with Gasteiger partial charge in [0, 0.05) is 23.5 Å². The molecule has 134 valence electrons. The number of pyridine rings is 1. The molecule has 7 heteroatoms. The maximum Gasteiger partial charge on any atom is 0.271 e. The van der Waals surface area contributed by atoms with Crippen molar-refractivity contribution < 1.29 is 18.8 Å². The number of hydrogen-bond donors (Lipinski definition) is 2. The third kappa shape index (κ3) is 4.21. The van der Waals surface area contributed by atoms with Gasteiger partial charge in [0.1, 0.15) is 5.82 Å². The highest BCUT2D eigenvalue weighted by atomic mass is 19.1. The van der Waals surface area contributed by atoms with Crippen molar-refractivity contribution >= 4 is 17.6 Å². The Morgan fingerprint density at radius 3 is 2.07 bits per heavy atom. The van der Waals surface area contributed by atoms with Crippen molar-refractivity contribution in [1.82, 2.24) is 15.8 Å². The van der Waals surface area contributed by atoms with Crippen LogP contribution in [0.5, 0.6) is 0 Å². The molecule has 27 heavy (non-hydrogen) atoms. The minimum atomic E-state index is -0.654. The van der Waals surface area contributed by atoms with Crippen LogP contribution in [-0.2, 0) is 0 Å². The number of ketones is 1. The van der Waals surface area contributed by atoms with Crippen LogP contribution in [0.15, 0.2) is 73.1 Å². The molecule has 1 aromatic heterocycles. The molecular formula is C20H14FN3O3. The molecule has 2 N–H and O–H groups in total. The highest BCUT2D eigenvalue weighted by Crippen LogP contribution is 2.15. The van der Waals surface area contributed by atoms with Crippen LogP contribution in [-0.4, -0.2) is 22.6 Å². The minimum Gasteiger partial charge on any atom is -0.289 e. The number of hydrazine groups is 1. The van der Waals surface area contributed by atoms with Crippen LogP contribution in [0.25, 0.3) is 0 Å². The van der Waals surface area contributed by atoms with Gasteiger partial charge in [0.15, 0.2) is 5.78 Å². The number of benzene rings is 2. The number of carbonyl (C=O) groups excluding carboxylic acids is 3. The molecule has 0 saturated heterocycles. The van der Waals surface area contributed by atoms with E-state index >= 15 is 0 Å². The van der Waals surface area contributed by atoms with E-state index in [-0.39, 0.29) is 22.3 Å². The second-order valence-corrected chi connectivity index (χ2v) is 5.53. The van der Waals surface area contributed by atoms with Crippen molar-refractivity contribution in [2.75, 3.05) is 0 Å². The minimum absolute atomic E-state index is 0.0818. The maximum absolute atomic E-state index is 13.1. The maximum atomic E-state index is 13.1. The molecule has 0 saturated carbocycles. The number of amides is 2. The van der Waals surface area contributed by atoms with Gasteiger partial charge in [-0.05, 0) is 42.5 Å². The van der Waals surface area contributed by atoms with Gasteiger partial charge in [0.2, 0.25) is 0 Å². The number of rotatable bonds is 4. The Morgan fingerprint density at radius 2 is 1.41 bits per heavy atom. The Labute approximate surface area is 154 Å². The molecule has 1 heterocycles. The summed E-state index contributed by atoms with van der Waals surface area (Å²) in [5.41, 5.74) is 5.28. The molecule has 2 amide bonds. The second kappa shape index (κ2) is 8.01. The van der Waals surface area contributed by atoms with Crippen molar-refractivity contribution in [3.8, 4) is 0 Å². The van der Waals surface area contributed by atoms with Gasteiger partial charge >= 0.3 is 0 Å². The summed E-state index contributed by atoms with van der Waals surface area (Å²) in [7, 11) is 0. The molecule has 6 nitrogen and oxygen atoms in total. The lowest BCUT2D eigenvalue weighted by Gasteiger charge is -2.10. The average Bonchev–Trinajstić information content (AvgIpc) is 2.72. The van der Waals surface area contributed by atoms with Gasteiger partial charge in [-0.3, -0.25) is 30.2 Å². The van der Waals surface area contributed by atoms with Gasteiger partial charge in [0.25, 0.3) is 11.8 Å². The van der Waals surface area contributed by atoms with Crippen molar-refractivity contribution in [1.29, 1.82) is 0 Å². The van der Waals surface area contributed by atoms with Gasteiger partial charge in [-0.25, -0.2) is 4.39 Å². The van der Waals surface area contributed by atoms with E-state index in [0.717, 1.165) is 0 Å². The molecule has 3 rings (SSSR count). The zero-order valence-corrected chi connectivity index (χ0v) is 14.0. The van der Waals surface area contributed by atoms with Crippen LogP contribution >= 0.6 is 0 Å². The van der Waals surface area contributed by atoms with Crippen LogP contribution < -0.4 is 10.9 Å². The molecule has 0 aliphatic heterocycles. The summed E-state index contributed by atoms with van der Waals surface area (Å²) in [6.07, 6.45) is 2.88. The van der Waals surface area contributed by atoms with E-state index in [4.69, 9.17) is 0 Å². The van der Waals surface area contributed by atoms with Gasteiger partial charge in [-0.2, -0.15) is 0 Å². The van der Waals surface area contributed by atoms with Crippen LogP contribution in [0.1, 0.15) is 36.6 Å². The monoisotopic (exact) mass is 363 g/mol. The molecule has 0 unspecified atom stereocenters. The van der Waals surface area contributed by atoms with E-state index in [1.165, 1.54) is 48.8 Å². The van der Waals surface area contributed by atoms with Gasteiger partial charge in [-0.15, -0.1) is 0 Å². The second-order valence-electron chi connectivity index (χ2n) is 5.53. The van der Waals surface area contributed by atoms with Crippen LogP contribution in [0.2, 0.25) is 0 Å². The fourth-order valence-corrected chi connectivity index (χ4v) is 2.39. The lowest BCUT2D eigenvalue weighted by molar-refractivity contribution is 0.0844. The van der Waals surface area contributed by atoms with E-state index in [1.54, 1.807) is 24.3 Å². The number of carbonyl (C=O) groups is 3. The largest absolute Gasteiger partial charge is 0.289 e. The molecule has 0 bridgehead atoms. The zero-order chi connectivity index (χ0) is 19.2. The third-order valence-electron chi connectivity index (χ3n) is 3.74. The summed E-state index contributed by atoms with van der Waals surface area (Å²) in [6, 6.07) is 14.3. The Hall–Kier alpha value is -3.87. The van der Waals surface area contributed by atoms with E-state index in [1.807, 2.05) is 0 Å². The number of halogens is 1. The van der Waals surface area contributed by atoms with Crippen LogP contribution in [0.4, 0.5) is 4.39 Å². The lowest BCUT2D eigenvalue weighted by Crippen LogP contribution is -2.42. The highest BCUT2D eigenvalue weighted by Gasteiger charge is 2.18. The summed E-state index contributed by atoms with van der Waals surface area (Å²) in [4.78, 5) is 40.9. The first-order chi connectivity index (χ1) is 13.1. The van der Waals surface area contributed by atoms with Gasteiger partial charge < -0.3 is 0 Å². The fraction of sp³-hybridized carbons (Fsp3) is 0. The number of nitrogens with one attached hydrogen (secondary N) is 2. The van der Waals surface area contributed by atoms with Gasteiger partial charge in [0.05, 0.1) is 11.1 Å². The standard InChI is InChI=1S/C20H14FN3O3/c21-15-9-7-13(8-10-15)18(25)16-5-1-2-6-17(16)20(27)24-23-19(26)14-4-3-11-22-12-14/h1-12H,(H,23,26)(H,24,27).